The van der Waals surface area contributed by atoms with Crippen molar-refractivity contribution in [2.75, 3.05) is 59.5 Å². The highest BCUT2D eigenvalue weighted by Crippen LogP contribution is 2.20. The van der Waals surface area contributed by atoms with Crippen LogP contribution in [-0.2, 0) is 4.74 Å². The van der Waals surface area contributed by atoms with Gasteiger partial charge in [-0.25, -0.2) is 0 Å². The standard InChI is InChI=1S/C14H29N3O/c1-4-18-13(2)17-6-5-14(12-17)11-16-9-7-15(3)8-10-16/h13-14H,4-12H2,1-3H3/t13?,14-/m0/s1. The van der Waals surface area contributed by atoms with Gasteiger partial charge in [-0.15, -0.1) is 0 Å². The van der Waals surface area contributed by atoms with Crippen molar-refractivity contribution in [1.82, 2.24) is 14.7 Å². The van der Waals surface area contributed by atoms with E-state index >= 15 is 0 Å². The number of nitrogens with zero attached hydrogens (tertiary/aromatic N) is 3. The van der Waals surface area contributed by atoms with Crippen molar-refractivity contribution in [2.45, 2.75) is 26.5 Å². The zero-order valence-electron chi connectivity index (χ0n) is 12.3. The molecule has 2 rings (SSSR count). The molecule has 2 atom stereocenters. The molecule has 18 heavy (non-hydrogen) atoms. The van der Waals surface area contributed by atoms with Crippen LogP contribution in [0.25, 0.3) is 0 Å². The molecule has 2 fully saturated rings. The fraction of sp³-hybridized carbons (Fsp3) is 1.00. The number of piperazine rings is 1. The lowest BCUT2D eigenvalue weighted by Crippen LogP contribution is -2.46. The molecule has 4 nitrogen and oxygen atoms in total. The summed E-state index contributed by atoms with van der Waals surface area (Å²) in [5.74, 6) is 0.844. The van der Waals surface area contributed by atoms with Gasteiger partial charge in [0.05, 0.1) is 0 Å². The minimum atomic E-state index is 0.299. The lowest BCUT2D eigenvalue weighted by Gasteiger charge is -2.34. The van der Waals surface area contributed by atoms with Crippen molar-refractivity contribution >= 4 is 0 Å². The van der Waals surface area contributed by atoms with Crippen LogP contribution >= 0.6 is 0 Å². The molecular weight excluding hydrogens is 226 g/mol. The van der Waals surface area contributed by atoms with Crippen LogP contribution in [-0.4, -0.2) is 80.4 Å². The van der Waals surface area contributed by atoms with Gasteiger partial charge in [-0.3, -0.25) is 4.90 Å². The summed E-state index contributed by atoms with van der Waals surface area (Å²) in [6.07, 6.45) is 1.64. The molecule has 0 aromatic heterocycles. The van der Waals surface area contributed by atoms with Gasteiger partial charge in [0.15, 0.2) is 0 Å². The fourth-order valence-electron chi connectivity index (χ4n) is 3.08. The second-order valence-electron chi connectivity index (χ2n) is 5.81. The highest BCUT2D eigenvalue weighted by atomic mass is 16.5. The molecule has 106 valence electrons. The Morgan fingerprint density at radius 3 is 2.56 bits per heavy atom. The number of ether oxygens (including phenoxy) is 1. The van der Waals surface area contributed by atoms with E-state index in [4.69, 9.17) is 4.74 Å². The lowest BCUT2D eigenvalue weighted by molar-refractivity contribution is -0.0326. The molecule has 0 aromatic carbocycles. The first kappa shape index (κ1) is 14.3. The molecule has 4 heteroatoms. The summed E-state index contributed by atoms with van der Waals surface area (Å²) >= 11 is 0. The molecular formula is C14H29N3O. The van der Waals surface area contributed by atoms with Gasteiger partial charge >= 0.3 is 0 Å². The van der Waals surface area contributed by atoms with Crippen molar-refractivity contribution in [3.63, 3.8) is 0 Å². The minimum absolute atomic E-state index is 0.299. The van der Waals surface area contributed by atoms with E-state index in [-0.39, 0.29) is 0 Å². The molecule has 0 N–H and O–H groups in total. The Kier molecular flexibility index (Phi) is 5.42. The summed E-state index contributed by atoms with van der Waals surface area (Å²) in [5, 5.41) is 0. The van der Waals surface area contributed by atoms with Gasteiger partial charge in [-0.2, -0.15) is 0 Å². The van der Waals surface area contributed by atoms with E-state index in [0.29, 0.717) is 6.23 Å². The molecule has 0 saturated carbocycles. The van der Waals surface area contributed by atoms with Crippen LogP contribution in [0.4, 0.5) is 0 Å². The van der Waals surface area contributed by atoms with Crippen molar-refractivity contribution in [1.29, 1.82) is 0 Å². The van der Waals surface area contributed by atoms with Crippen molar-refractivity contribution in [3.05, 3.63) is 0 Å². The molecule has 2 heterocycles. The molecule has 0 bridgehead atoms. The molecule has 0 amide bonds. The summed E-state index contributed by atoms with van der Waals surface area (Å²) in [7, 11) is 2.22. The van der Waals surface area contributed by atoms with E-state index in [0.717, 1.165) is 12.5 Å². The summed E-state index contributed by atoms with van der Waals surface area (Å²) in [4.78, 5) is 7.55. The summed E-state index contributed by atoms with van der Waals surface area (Å²) < 4.78 is 5.68. The molecule has 0 spiro atoms. The molecule has 2 aliphatic heterocycles. The first-order valence-corrected chi connectivity index (χ1v) is 7.45. The summed E-state index contributed by atoms with van der Waals surface area (Å²) in [5.41, 5.74) is 0. The Hall–Kier alpha value is -0.160. The second kappa shape index (κ2) is 6.85. The number of rotatable bonds is 5. The molecule has 1 unspecified atom stereocenters. The normalized spacial score (nSPS) is 29.8. The SMILES string of the molecule is CCOC(C)N1CC[C@@H](CN2CCN(C)CC2)C1. The smallest absolute Gasteiger partial charge is 0.107 e. The first-order chi connectivity index (χ1) is 8.69. The third-order valence-corrected chi connectivity index (χ3v) is 4.35. The summed E-state index contributed by atoms with van der Waals surface area (Å²) in [6.45, 7) is 13.7. The third kappa shape index (κ3) is 3.92. The van der Waals surface area contributed by atoms with Gasteiger partial charge in [0.2, 0.25) is 0 Å². The van der Waals surface area contributed by atoms with Crippen molar-refractivity contribution in [2.24, 2.45) is 5.92 Å². The quantitative estimate of drug-likeness (QED) is 0.728. The molecule has 2 aliphatic rings. The molecule has 0 aromatic rings. The highest BCUT2D eigenvalue weighted by Gasteiger charge is 2.28. The van der Waals surface area contributed by atoms with Crippen LogP contribution in [0, 0.1) is 5.92 Å². The van der Waals surface area contributed by atoms with Gasteiger partial charge in [-0.05, 0) is 33.2 Å². The number of hydrogen-bond acceptors (Lipinski definition) is 4. The van der Waals surface area contributed by atoms with Crippen LogP contribution in [0.2, 0.25) is 0 Å². The number of likely N-dealkylation sites (tertiary alicyclic amines) is 1. The fourth-order valence-corrected chi connectivity index (χ4v) is 3.08. The van der Waals surface area contributed by atoms with Crippen molar-refractivity contribution in [3.8, 4) is 0 Å². The maximum Gasteiger partial charge on any atom is 0.107 e. The highest BCUT2D eigenvalue weighted by molar-refractivity contribution is 4.80. The predicted molar refractivity (Wildman–Crippen MR) is 74.7 cm³/mol. The van der Waals surface area contributed by atoms with Crippen LogP contribution in [0.15, 0.2) is 0 Å². The van der Waals surface area contributed by atoms with Crippen LogP contribution in [0.3, 0.4) is 0 Å². The minimum Gasteiger partial charge on any atom is -0.364 e. The van der Waals surface area contributed by atoms with Crippen LogP contribution in [0.5, 0.6) is 0 Å². The lowest BCUT2D eigenvalue weighted by atomic mass is 10.1. The average Bonchev–Trinajstić information content (AvgIpc) is 2.81. The molecule has 0 aliphatic carbocycles. The van der Waals surface area contributed by atoms with Gasteiger partial charge < -0.3 is 14.5 Å². The topological polar surface area (TPSA) is 19.0 Å². The van der Waals surface area contributed by atoms with E-state index in [9.17, 15) is 0 Å². The predicted octanol–water partition coefficient (Wildman–Crippen LogP) is 0.938. The van der Waals surface area contributed by atoms with Gasteiger partial charge in [0.1, 0.15) is 6.23 Å². The van der Waals surface area contributed by atoms with Gasteiger partial charge in [0, 0.05) is 52.4 Å². The Morgan fingerprint density at radius 1 is 1.17 bits per heavy atom. The second-order valence-corrected chi connectivity index (χ2v) is 5.81. The zero-order valence-corrected chi connectivity index (χ0v) is 12.3. The third-order valence-electron chi connectivity index (χ3n) is 4.35. The van der Waals surface area contributed by atoms with E-state index in [1.807, 2.05) is 0 Å². The summed E-state index contributed by atoms with van der Waals surface area (Å²) in [6, 6.07) is 0. The van der Waals surface area contributed by atoms with Crippen LogP contribution < -0.4 is 0 Å². The Morgan fingerprint density at radius 2 is 1.89 bits per heavy atom. The monoisotopic (exact) mass is 255 g/mol. The van der Waals surface area contributed by atoms with E-state index in [1.165, 1.54) is 52.2 Å². The Labute approximate surface area is 112 Å². The number of likely N-dealkylation sites (N-methyl/N-ethyl adjacent to an activating group) is 1. The van der Waals surface area contributed by atoms with Gasteiger partial charge in [0.25, 0.3) is 0 Å². The van der Waals surface area contributed by atoms with Gasteiger partial charge in [-0.1, -0.05) is 0 Å². The maximum atomic E-state index is 5.68. The average molecular weight is 255 g/mol. The van der Waals surface area contributed by atoms with Crippen molar-refractivity contribution < 1.29 is 4.74 Å². The number of hydrogen-bond donors (Lipinski definition) is 0. The zero-order chi connectivity index (χ0) is 13.0. The largest absolute Gasteiger partial charge is 0.364 e. The van der Waals surface area contributed by atoms with E-state index in [2.05, 4.69) is 35.6 Å². The molecule has 2 saturated heterocycles. The van der Waals surface area contributed by atoms with E-state index < -0.39 is 0 Å². The van der Waals surface area contributed by atoms with Crippen LogP contribution in [0.1, 0.15) is 20.3 Å². The Balaban J connectivity index is 1.69. The first-order valence-electron chi connectivity index (χ1n) is 7.45. The van der Waals surface area contributed by atoms with E-state index in [1.54, 1.807) is 0 Å². The molecule has 0 radical (unpaired) electrons. The Bertz CT molecular complexity index is 241. The maximum absolute atomic E-state index is 5.68.